The molecule has 0 saturated heterocycles. The van der Waals surface area contributed by atoms with E-state index in [-0.39, 0.29) is 0 Å². The topological polar surface area (TPSA) is 51.8 Å². The minimum absolute atomic E-state index is 0.566. The summed E-state index contributed by atoms with van der Waals surface area (Å²) in [5.74, 6) is 0.566. The van der Waals surface area contributed by atoms with Gasteiger partial charge in [-0.25, -0.2) is 9.97 Å². The van der Waals surface area contributed by atoms with Crippen molar-refractivity contribution in [2.24, 2.45) is 0 Å². The number of aromatic nitrogens is 2. The van der Waals surface area contributed by atoms with Gasteiger partial charge in [-0.1, -0.05) is 0 Å². The summed E-state index contributed by atoms with van der Waals surface area (Å²) in [6.45, 7) is 1.92. The maximum atomic E-state index is 5.67. The molecule has 0 spiro atoms. The first-order valence-electron chi connectivity index (χ1n) is 3.86. The molecule has 0 fully saturated rings. The lowest BCUT2D eigenvalue weighted by atomic mass is 10.2. The Labute approximate surface area is 84.1 Å². The normalized spacial score (nSPS) is 10.6. The number of aryl methyl sites for hydroxylation is 1. The second-order valence-corrected chi connectivity index (χ2v) is 3.68. The fourth-order valence-electron chi connectivity index (χ4n) is 1.14. The minimum Gasteiger partial charge on any atom is -0.383 e. The highest BCUT2D eigenvalue weighted by Gasteiger charge is 2.01. The summed E-state index contributed by atoms with van der Waals surface area (Å²) in [5, 5.41) is 0. The molecule has 0 aliphatic rings. The summed E-state index contributed by atoms with van der Waals surface area (Å²) in [6.07, 6.45) is 0. The van der Waals surface area contributed by atoms with Gasteiger partial charge in [0, 0.05) is 0 Å². The Morgan fingerprint density at radius 3 is 2.77 bits per heavy atom. The monoisotopic (exact) mass is 237 g/mol. The lowest BCUT2D eigenvalue weighted by molar-refractivity contribution is 1.28. The van der Waals surface area contributed by atoms with Gasteiger partial charge >= 0.3 is 0 Å². The van der Waals surface area contributed by atoms with Gasteiger partial charge in [0.05, 0.1) is 11.0 Å². The van der Waals surface area contributed by atoms with Crippen molar-refractivity contribution in [1.82, 2.24) is 9.97 Å². The number of nitrogen functional groups attached to an aromatic ring is 1. The summed E-state index contributed by atoms with van der Waals surface area (Å²) in [5.41, 5.74) is 8.32. The fourth-order valence-corrected chi connectivity index (χ4v) is 1.46. The Hall–Kier alpha value is -1.16. The van der Waals surface area contributed by atoms with Crippen molar-refractivity contribution in [1.29, 1.82) is 0 Å². The van der Waals surface area contributed by atoms with E-state index in [2.05, 4.69) is 25.9 Å². The van der Waals surface area contributed by atoms with Crippen molar-refractivity contribution in [3.63, 3.8) is 0 Å². The standard InChI is InChI=1S/C9H8BrN3/c1-5-4-7-6(13-9(5)11)2-3-8(10)12-7/h2-4H,1H3,(H2,11,13). The minimum atomic E-state index is 0.566. The quantitative estimate of drug-likeness (QED) is 0.716. The first kappa shape index (κ1) is 8.44. The molecule has 66 valence electrons. The van der Waals surface area contributed by atoms with Crippen LogP contribution in [-0.4, -0.2) is 9.97 Å². The second kappa shape index (κ2) is 2.96. The molecule has 0 saturated carbocycles. The van der Waals surface area contributed by atoms with Crippen LogP contribution in [0.3, 0.4) is 0 Å². The van der Waals surface area contributed by atoms with Crippen molar-refractivity contribution in [3.8, 4) is 0 Å². The molecular formula is C9H8BrN3. The van der Waals surface area contributed by atoms with Gasteiger partial charge in [-0.2, -0.15) is 0 Å². The van der Waals surface area contributed by atoms with Crippen LogP contribution in [0, 0.1) is 6.92 Å². The zero-order chi connectivity index (χ0) is 9.42. The molecule has 2 aromatic heterocycles. The van der Waals surface area contributed by atoms with Crippen molar-refractivity contribution < 1.29 is 0 Å². The number of nitrogens with two attached hydrogens (primary N) is 1. The van der Waals surface area contributed by atoms with E-state index >= 15 is 0 Å². The van der Waals surface area contributed by atoms with Crippen molar-refractivity contribution in [2.45, 2.75) is 6.92 Å². The molecule has 2 N–H and O–H groups in total. The molecule has 0 aromatic carbocycles. The summed E-state index contributed by atoms with van der Waals surface area (Å²) < 4.78 is 0.811. The maximum Gasteiger partial charge on any atom is 0.127 e. The zero-order valence-electron chi connectivity index (χ0n) is 7.08. The highest BCUT2D eigenvalue weighted by molar-refractivity contribution is 9.10. The Morgan fingerprint density at radius 1 is 1.23 bits per heavy atom. The summed E-state index contributed by atoms with van der Waals surface area (Å²) in [6, 6.07) is 5.68. The number of hydrogen-bond acceptors (Lipinski definition) is 3. The Morgan fingerprint density at radius 2 is 2.00 bits per heavy atom. The van der Waals surface area contributed by atoms with Gasteiger partial charge in [0.2, 0.25) is 0 Å². The number of nitrogens with zero attached hydrogens (tertiary/aromatic N) is 2. The highest BCUT2D eigenvalue weighted by atomic mass is 79.9. The molecule has 13 heavy (non-hydrogen) atoms. The van der Waals surface area contributed by atoms with Gasteiger partial charge in [0.1, 0.15) is 10.4 Å². The second-order valence-electron chi connectivity index (χ2n) is 2.86. The fraction of sp³-hybridized carbons (Fsp3) is 0.111. The van der Waals surface area contributed by atoms with Crippen LogP contribution in [0.2, 0.25) is 0 Å². The van der Waals surface area contributed by atoms with E-state index in [4.69, 9.17) is 5.73 Å². The third-order valence-electron chi connectivity index (χ3n) is 1.87. The molecule has 0 unspecified atom stereocenters. The van der Waals surface area contributed by atoms with Gasteiger partial charge in [-0.15, -0.1) is 0 Å². The number of halogens is 1. The molecule has 2 heterocycles. The maximum absolute atomic E-state index is 5.67. The van der Waals surface area contributed by atoms with Gasteiger partial charge < -0.3 is 5.73 Å². The number of anilines is 1. The number of hydrogen-bond donors (Lipinski definition) is 1. The largest absolute Gasteiger partial charge is 0.383 e. The molecule has 0 atom stereocenters. The predicted molar refractivity (Wildman–Crippen MR) is 56.4 cm³/mol. The van der Waals surface area contributed by atoms with Crippen LogP contribution in [0.1, 0.15) is 5.56 Å². The van der Waals surface area contributed by atoms with Crippen LogP contribution < -0.4 is 5.73 Å². The Bertz CT molecular complexity index is 468. The van der Waals surface area contributed by atoms with Crippen molar-refractivity contribution >= 4 is 32.8 Å². The van der Waals surface area contributed by atoms with Crippen molar-refractivity contribution in [2.75, 3.05) is 5.73 Å². The van der Waals surface area contributed by atoms with Gasteiger partial charge in [-0.05, 0) is 46.6 Å². The molecule has 2 rings (SSSR count). The summed E-state index contributed by atoms with van der Waals surface area (Å²) in [7, 11) is 0. The predicted octanol–water partition coefficient (Wildman–Crippen LogP) is 2.28. The Kier molecular flexibility index (Phi) is 1.92. The van der Waals surface area contributed by atoms with E-state index in [0.29, 0.717) is 5.82 Å². The van der Waals surface area contributed by atoms with E-state index < -0.39 is 0 Å². The molecule has 0 aliphatic heterocycles. The zero-order valence-corrected chi connectivity index (χ0v) is 8.67. The average Bonchev–Trinajstić information content (AvgIpc) is 2.08. The molecular weight excluding hydrogens is 230 g/mol. The van der Waals surface area contributed by atoms with E-state index in [0.717, 1.165) is 21.2 Å². The first-order chi connectivity index (χ1) is 6.16. The van der Waals surface area contributed by atoms with Crippen LogP contribution in [0.15, 0.2) is 22.8 Å². The molecule has 0 amide bonds. The van der Waals surface area contributed by atoms with Crippen LogP contribution in [0.25, 0.3) is 11.0 Å². The molecule has 2 aromatic rings. The highest BCUT2D eigenvalue weighted by Crippen LogP contribution is 2.18. The average molecular weight is 238 g/mol. The third-order valence-corrected chi connectivity index (χ3v) is 2.31. The molecule has 0 bridgehead atoms. The molecule has 0 aliphatic carbocycles. The van der Waals surface area contributed by atoms with E-state index in [9.17, 15) is 0 Å². The van der Waals surface area contributed by atoms with Crippen LogP contribution in [-0.2, 0) is 0 Å². The summed E-state index contributed by atoms with van der Waals surface area (Å²) >= 11 is 3.31. The first-order valence-corrected chi connectivity index (χ1v) is 4.65. The SMILES string of the molecule is Cc1cc2nc(Br)ccc2nc1N. The lowest BCUT2D eigenvalue weighted by Gasteiger charge is -2.01. The molecule has 0 radical (unpaired) electrons. The van der Waals surface area contributed by atoms with Crippen LogP contribution >= 0.6 is 15.9 Å². The van der Waals surface area contributed by atoms with Crippen molar-refractivity contribution in [3.05, 3.63) is 28.4 Å². The number of rotatable bonds is 0. The number of pyridine rings is 2. The van der Waals surface area contributed by atoms with E-state index in [1.165, 1.54) is 0 Å². The third kappa shape index (κ3) is 1.49. The lowest BCUT2D eigenvalue weighted by Crippen LogP contribution is -1.95. The summed E-state index contributed by atoms with van der Waals surface area (Å²) in [4.78, 5) is 8.49. The van der Waals surface area contributed by atoms with Gasteiger partial charge in [0.15, 0.2) is 0 Å². The molecule has 4 heteroatoms. The van der Waals surface area contributed by atoms with Gasteiger partial charge in [-0.3, -0.25) is 0 Å². The van der Waals surface area contributed by atoms with E-state index in [1.807, 2.05) is 25.1 Å². The van der Waals surface area contributed by atoms with Gasteiger partial charge in [0.25, 0.3) is 0 Å². The van der Waals surface area contributed by atoms with Crippen LogP contribution in [0.4, 0.5) is 5.82 Å². The number of fused-ring (bicyclic) bond motifs is 1. The molecule has 3 nitrogen and oxygen atoms in total. The van der Waals surface area contributed by atoms with Crippen LogP contribution in [0.5, 0.6) is 0 Å². The Balaban J connectivity index is 2.81. The smallest absolute Gasteiger partial charge is 0.127 e. The van der Waals surface area contributed by atoms with E-state index in [1.54, 1.807) is 0 Å².